The third kappa shape index (κ3) is 2.73. The smallest absolute Gasteiger partial charge is 0.325 e. The number of nitrogens with two attached hydrogens (primary N) is 1. The SMILES string of the molecule is COC(=O)CN(C)c1c(C(N)=S)c(C)nn1C. The van der Waals surface area contributed by atoms with E-state index in [0.717, 1.165) is 5.69 Å². The van der Waals surface area contributed by atoms with Crippen LogP contribution in [0.4, 0.5) is 5.82 Å². The van der Waals surface area contributed by atoms with Gasteiger partial charge in [-0.3, -0.25) is 9.48 Å². The normalized spacial score (nSPS) is 10.1. The van der Waals surface area contributed by atoms with Crippen LogP contribution in [0.5, 0.6) is 0 Å². The fraction of sp³-hybridized carbons (Fsp3) is 0.500. The van der Waals surface area contributed by atoms with Crippen molar-refractivity contribution in [1.82, 2.24) is 9.78 Å². The maximum atomic E-state index is 11.2. The predicted molar refractivity (Wildman–Crippen MR) is 69.1 cm³/mol. The highest BCUT2D eigenvalue weighted by Gasteiger charge is 2.20. The number of rotatable bonds is 4. The van der Waals surface area contributed by atoms with E-state index in [-0.39, 0.29) is 17.5 Å². The molecule has 0 atom stereocenters. The van der Waals surface area contributed by atoms with Crippen molar-refractivity contribution < 1.29 is 9.53 Å². The summed E-state index contributed by atoms with van der Waals surface area (Å²) < 4.78 is 6.26. The molecule has 0 unspecified atom stereocenters. The molecule has 1 aromatic heterocycles. The Hall–Kier alpha value is -1.63. The number of carbonyl (C=O) groups excluding carboxylic acids is 1. The van der Waals surface area contributed by atoms with E-state index in [0.29, 0.717) is 11.4 Å². The zero-order chi connectivity index (χ0) is 13.2. The highest BCUT2D eigenvalue weighted by molar-refractivity contribution is 7.80. The number of ether oxygens (including phenoxy) is 1. The molecule has 94 valence electrons. The predicted octanol–water partition coefficient (Wildman–Crippen LogP) is -0.0281. The number of esters is 1. The monoisotopic (exact) mass is 256 g/mol. The van der Waals surface area contributed by atoms with Crippen molar-refractivity contribution >= 4 is 29.0 Å². The molecule has 0 aromatic carbocycles. The van der Waals surface area contributed by atoms with Crippen LogP contribution in [0.1, 0.15) is 11.3 Å². The molecule has 1 heterocycles. The first-order valence-corrected chi connectivity index (χ1v) is 5.40. The van der Waals surface area contributed by atoms with Crippen molar-refractivity contribution in [2.75, 3.05) is 25.6 Å². The first-order valence-electron chi connectivity index (χ1n) is 4.99. The second-order valence-corrected chi connectivity index (χ2v) is 4.14. The Labute approximate surface area is 105 Å². The summed E-state index contributed by atoms with van der Waals surface area (Å²) in [6.07, 6.45) is 0. The average molecular weight is 256 g/mol. The summed E-state index contributed by atoms with van der Waals surface area (Å²) in [5, 5.41) is 4.24. The molecular weight excluding hydrogens is 240 g/mol. The van der Waals surface area contributed by atoms with Crippen molar-refractivity contribution in [3.63, 3.8) is 0 Å². The van der Waals surface area contributed by atoms with Crippen LogP contribution in [0.15, 0.2) is 0 Å². The van der Waals surface area contributed by atoms with Gasteiger partial charge in [-0.1, -0.05) is 12.2 Å². The van der Waals surface area contributed by atoms with Gasteiger partial charge in [0.2, 0.25) is 0 Å². The average Bonchev–Trinajstić information content (AvgIpc) is 2.53. The molecule has 0 saturated heterocycles. The van der Waals surface area contributed by atoms with E-state index in [2.05, 4.69) is 9.84 Å². The first kappa shape index (κ1) is 13.4. The molecule has 0 aliphatic carbocycles. The Kier molecular flexibility index (Phi) is 4.06. The molecule has 7 heteroatoms. The zero-order valence-electron chi connectivity index (χ0n) is 10.4. The lowest BCUT2D eigenvalue weighted by atomic mass is 10.2. The van der Waals surface area contributed by atoms with E-state index in [4.69, 9.17) is 18.0 Å². The molecule has 0 fully saturated rings. The van der Waals surface area contributed by atoms with Gasteiger partial charge < -0.3 is 15.4 Å². The minimum atomic E-state index is -0.333. The van der Waals surface area contributed by atoms with Gasteiger partial charge in [0.1, 0.15) is 17.4 Å². The lowest BCUT2D eigenvalue weighted by Crippen LogP contribution is -2.30. The number of aromatic nitrogens is 2. The number of methoxy groups -OCH3 is 1. The number of anilines is 1. The molecule has 2 N–H and O–H groups in total. The van der Waals surface area contributed by atoms with Gasteiger partial charge in [-0.05, 0) is 6.92 Å². The van der Waals surface area contributed by atoms with Crippen molar-refractivity contribution in [3.05, 3.63) is 11.3 Å². The number of aryl methyl sites for hydroxylation is 2. The van der Waals surface area contributed by atoms with Crippen LogP contribution in [-0.4, -0.2) is 41.4 Å². The standard InChI is InChI=1S/C10H16N4O2S/c1-6-8(9(11)17)10(14(3)12-6)13(2)5-7(15)16-4/h5H2,1-4H3,(H2,11,17). The van der Waals surface area contributed by atoms with Crippen LogP contribution in [0.25, 0.3) is 0 Å². The molecule has 0 bridgehead atoms. The topological polar surface area (TPSA) is 73.4 Å². The zero-order valence-corrected chi connectivity index (χ0v) is 11.2. The van der Waals surface area contributed by atoms with E-state index in [1.54, 1.807) is 23.7 Å². The summed E-state index contributed by atoms with van der Waals surface area (Å²) in [5.74, 6) is 0.376. The van der Waals surface area contributed by atoms with Crippen molar-refractivity contribution in [3.8, 4) is 0 Å². The Balaban J connectivity index is 3.12. The summed E-state index contributed by atoms with van der Waals surface area (Å²) in [4.78, 5) is 13.2. The van der Waals surface area contributed by atoms with E-state index in [1.807, 2.05) is 6.92 Å². The van der Waals surface area contributed by atoms with Crippen LogP contribution in [0.3, 0.4) is 0 Å². The Morgan fingerprint density at radius 2 is 2.24 bits per heavy atom. The van der Waals surface area contributed by atoms with Gasteiger partial charge >= 0.3 is 5.97 Å². The molecule has 0 amide bonds. The lowest BCUT2D eigenvalue weighted by Gasteiger charge is -2.19. The highest BCUT2D eigenvalue weighted by Crippen LogP contribution is 2.21. The van der Waals surface area contributed by atoms with Gasteiger partial charge in [-0.15, -0.1) is 0 Å². The molecule has 0 radical (unpaired) electrons. The third-order valence-corrected chi connectivity index (χ3v) is 2.60. The lowest BCUT2D eigenvalue weighted by molar-refractivity contribution is -0.138. The van der Waals surface area contributed by atoms with Gasteiger partial charge in [-0.2, -0.15) is 5.10 Å². The van der Waals surface area contributed by atoms with Gasteiger partial charge in [0, 0.05) is 14.1 Å². The Bertz CT molecular complexity index is 455. The number of nitrogens with zero attached hydrogens (tertiary/aromatic N) is 3. The maximum Gasteiger partial charge on any atom is 0.325 e. The number of carbonyl (C=O) groups is 1. The van der Waals surface area contributed by atoms with Crippen LogP contribution in [0, 0.1) is 6.92 Å². The van der Waals surface area contributed by atoms with Crippen molar-refractivity contribution in [2.45, 2.75) is 6.92 Å². The molecule has 0 saturated carbocycles. The van der Waals surface area contributed by atoms with Gasteiger partial charge in [0.15, 0.2) is 0 Å². The second-order valence-electron chi connectivity index (χ2n) is 3.70. The third-order valence-electron chi connectivity index (χ3n) is 2.39. The number of thiocarbonyl (C=S) groups is 1. The van der Waals surface area contributed by atoms with Crippen LogP contribution in [-0.2, 0) is 16.6 Å². The number of hydrogen-bond donors (Lipinski definition) is 1. The van der Waals surface area contributed by atoms with Crippen molar-refractivity contribution in [2.24, 2.45) is 12.8 Å². The molecule has 0 spiro atoms. The van der Waals surface area contributed by atoms with E-state index >= 15 is 0 Å². The molecule has 0 aliphatic heterocycles. The molecule has 6 nitrogen and oxygen atoms in total. The van der Waals surface area contributed by atoms with Gasteiger partial charge in [0.25, 0.3) is 0 Å². The van der Waals surface area contributed by atoms with Crippen LogP contribution in [0.2, 0.25) is 0 Å². The number of likely N-dealkylation sites (N-methyl/N-ethyl adjacent to an activating group) is 1. The summed E-state index contributed by atoms with van der Waals surface area (Å²) in [6, 6.07) is 0. The summed E-state index contributed by atoms with van der Waals surface area (Å²) in [6.45, 7) is 1.94. The summed E-state index contributed by atoms with van der Waals surface area (Å²) in [5.41, 5.74) is 7.10. The molecular formula is C10H16N4O2S. The van der Waals surface area contributed by atoms with E-state index in [1.165, 1.54) is 7.11 Å². The molecule has 0 aliphatic rings. The minimum Gasteiger partial charge on any atom is -0.468 e. The van der Waals surface area contributed by atoms with Gasteiger partial charge in [-0.25, -0.2) is 0 Å². The molecule has 1 aromatic rings. The fourth-order valence-electron chi connectivity index (χ4n) is 1.71. The fourth-order valence-corrected chi connectivity index (χ4v) is 1.94. The summed E-state index contributed by atoms with van der Waals surface area (Å²) >= 11 is 4.99. The molecule has 1 rings (SSSR count). The maximum absolute atomic E-state index is 11.2. The van der Waals surface area contributed by atoms with Crippen LogP contribution < -0.4 is 10.6 Å². The molecule has 17 heavy (non-hydrogen) atoms. The number of hydrogen-bond acceptors (Lipinski definition) is 5. The van der Waals surface area contributed by atoms with E-state index < -0.39 is 0 Å². The largest absolute Gasteiger partial charge is 0.468 e. The minimum absolute atomic E-state index is 0.116. The van der Waals surface area contributed by atoms with E-state index in [9.17, 15) is 4.79 Å². The second kappa shape index (κ2) is 5.13. The first-order chi connectivity index (χ1) is 7.88. The Morgan fingerprint density at radius 1 is 1.65 bits per heavy atom. The summed E-state index contributed by atoms with van der Waals surface area (Å²) in [7, 11) is 4.88. The Morgan fingerprint density at radius 3 is 2.71 bits per heavy atom. The van der Waals surface area contributed by atoms with Gasteiger partial charge in [0.05, 0.1) is 18.4 Å². The highest BCUT2D eigenvalue weighted by atomic mass is 32.1. The van der Waals surface area contributed by atoms with Crippen LogP contribution >= 0.6 is 12.2 Å². The quantitative estimate of drug-likeness (QED) is 0.602. The van der Waals surface area contributed by atoms with Crippen molar-refractivity contribution in [1.29, 1.82) is 0 Å².